The number of ether oxygens (including phenoxy) is 4. The molecule has 0 saturated carbocycles. The SMILES string of the molecule is CCOC(C)OC1(C)CCC(O[Si](CC)(CC)CC)CC(=O)OC(C(C)CC=CC(C)(C=C2OC2C(C)C(CC)O[Si](CC)(CC)CC)O[Si](CC)(CC)CC)C(C)C=CC1C(=O)OOc1ccc([N+](=O)[O-])cc1. The molecule has 74 heavy (non-hydrogen) atoms. The van der Waals surface area contributed by atoms with Crippen LogP contribution in [-0.2, 0) is 46.7 Å². The van der Waals surface area contributed by atoms with Crippen LogP contribution in [0.4, 0.5) is 5.69 Å². The van der Waals surface area contributed by atoms with Gasteiger partial charge in [-0.05, 0) is 132 Å². The first-order chi connectivity index (χ1) is 35.0. The van der Waals surface area contributed by atoms with Crippen LogP contribution < -0.4 is 4.89 Å². The van der Waals surface area contributed by atoms with Gasteiger partial charge >= 0.3 is 11.9 Å². The lowest BCUT2D eigenvalue weighted by atomic mass is 9.81. The molecule has 0 amide bonds. The molecule has 11 atom stereocenters. The standard InChI is InChI=1S/C57H99NO13Si3/c1-18-50(70-73(23-6,24-7)25-8)44(14)54-51(64-54)41-56(16,71-74(26-9,27-10)28-11)38-29-30-42(12)53-43(13)31-36-49(55(60)68-67-47-34-32-46(33-35-47)58(61)62)57(17,66-45(15)63-19-2)39-37-48(40-52(59)65-53)69-72(20-3,21-4)22-5/h29,31-36,38,41-45,48-50,53-54H,18-28,30,37,39-40H2,1-17H3. The minimum absolute atomic E-state index is 0.0334. The van der Waals surface area contributed by atoms with E-state index in [1.54, 1.807) is 13.0 Å². The Bertz CT molecular complexity index is 1950. The number of allylic oxidation sites excluding steroid dienone is 1. The maximum Gasteiger partial charge on any atom is 0.365 e. The summed E-state index contributed by atoms with van der Waals surface area (Å²) < 4.78 is 47.0. The van der Waals surface area contributed by atoms with Gasteiger partial charge in [0, 0.05) is 30.6 Å². The second-order valence-corrected chi connectivity index (χ2v) is 35.6. The van der Waals surface area contributed by atoms with Crippen LogP contribution in [0.5, 0.6) is 5.75 Å². The average molecular weight is 1090 g/mol. The van der Waals surface area contributed by atoms with Gasteiger partial charge < -0.3 is 32.2 Å². The molecule has 2 aliphatic rings. The fraction of sp³-hybridized carbons (Fsp3) is 0.754. The van der Waals surface area contributed by atoms with E-state index >= 15 is 0 Å². The summed E-state index contributed by atoms with van der Waals surface area (Å²) in [5.74, 6) is -1.37. The fourth-order valence-corrected chi connectivity index (χ4v) is 19.8. The Morgan fingerprint density at radius 1 is 0.865 bits per heavy atom. The molecule has 0 radical (unpaired) electrons. The van der Waals surface area contributed by atoms with Gasteiger partial charge in [-0.2, -0.15) is 0 Å². The van der Waals surface area contributed by atoms with E-state index < -0.39 is 71.5 Å². The molecule has 1 aromatic carbocycles. The zero-order valence-corrected chi connectivity index (χ0v) is 51.8. The molecular weight excluding hydrogens is 991 g/mol. The topological polar surface area (TPSA) is 164 Å². The smallest absolute Gasteiger partial charge is 0.365 e. The number of carbonyl (C=O) groups excluding carboxylic acids is 2. The summed E-state index contributed by atoms with van der Waals surface area (Å²) in [7, 11) is -6.21. The Balaban J connectivity index is 2.10. The molecule has 0 aromatic heterocycles. The van der Waals surface area contributed by atoms with Gasteiger partial charge in [0.25, 0.3) is 5.69 Å². The number of cyclic esters (lactones) is 1. The summed E-state index contributed by atoms with van der Waals surface area (Å²) in [6.45, 7) is 36.7. The van der Waals surface area contributed by atoms with E-state index in [1.165, 1.54) is 24.3 Å². The zero-order valence-electron chi connectivity index (χ0n) is 48.8. The van der Waals surface area contributed by atoms with Gasteiger partial charge in [0.05, 0.1) is 34.8 Å². The number of esters is 1. The van der Waals surface area contributed by atoms with Crippen LogP contribution in [0.2, 0.25) is 54.4 Å². The van der Waals surface area contributed by atoms with E-state index in [9.17, 15) is 19.7 Å². The number of epoxide rings is 1. The maximum absolute atomic E-state index is 14.4. The van der Waals surface area contributed by atoms with Crippen LogP contribution in [-0.4, -0.2) is 90.3 Å². The Kier molecular flexibility index (Phi) is 26.5. The summed E-state index contributed by atoms with van der Waals surface area (Å²) in [4.78, 5) is 50.6. The number of non-ortho nitro benzene ring substituents is 1. The summed E-state index contributed by atoms with van der Waals surface area (Å²) in [6.07, 6.45) is 10.7. The van der Waals surface area contributed by atoms with E-state index in [0.29, 0.717) is 25.9 Å². The number of carbonyl (C=O) groups is 2. The monoisotopic (exact) mass is 1090 g/mol. The van der Waals surface area contributed by atoms with Crippen LogP contribution in [0.1, 0.15) is 150 Å². The molecule has 14 nitrogen and oxygen atoms in total. The van der Waals surface area contributed by atoms with Crippen molar-refractivity contribution in [3.05, 3.63) is 70.5 Å². The Hall–Kier alpha value is -3.17. The maximum atomic E-state index is 14.4. The quantitative estimate of drug-likeness (QED) is 0.0101. The van der Waals surface area contributed by atoms with Gasteiger partial charge in [0.1, 0.15) is 17.8 Å². The summed E-state index contributed by atoms with van der Waals surface area (Å²) in [6, 6.07) is 14.2. The Morgan fingerprint density at radius 2 is 1.45 bits per heavy atom. The molecule has 0 bridgehead atoms. The molecule has 1 aromatic rings. The lowest BCUT2D eigenvalue weighted by Crippen LogP contribution is -2.47. The second kappa shape index (κ2) is 30.1. The highest BCUT2D eigenvalue weighted by atomic mass is 28.4. The van der Waals surface area contributed by atoms with Crippen molar-refractivity contribution in [2.45, 2.75) is 246 Å². The molecule has 11 unspecified atom stereocenters. The number of hydrogen-bond acceptors (Lipinski definition) is 13. The molecule has 1 saturated heterocycles. The van der Waals surface area contributed by atoms with Gasteiger partial charge in [-0.1, -0.05) is 114 Å². The van der Waals surface area contributed by atoms with E-state index in [4.69, 9.17) is 42.0 Å². The third kappa shape index (κ3) is 18.2. The molecular formula is C57H99NO13Si3. The first-order valence-electron chi connectivity index (χ1n) is 28.4. The van der Waals surface area contributed by atoms with Crippen molar-refractivity contribution < 1.29 is 56.5 Å². The predicted octanol–water partition coefficient (Wildman–Crippen LogP) is 15.0. The first kappa shape index (κ1) is 65.1. The number of nitro groups is 1. The second-order valence-electron chi connectivity index (χ2n) is 21.5. The van der Waals surface area contributed by atoms with Gasteiger partial charge in [-0.25, -0.2) is 9.68 Å². The summed E-state index contributed by atoms with van der Waals surface area (Å²) in [5.41, 5.74) is -2.09. The molecule has 2 heterocycles. The van der Waals surface area contributed by atoms with Crippen LogP contribution in [0.3, 0.4) is 0 Å². The minimum atomic E-state index is -2.25. The van der Waals surface area contributed by atoms with E-state index in [1.807, 2.05) is 26.8 Å². The highest BCUT2D eigenvalue weighted by Crippen LogP contribution is 2.43. The summed E-state index contributed by atoms with van der Waals surface area (Å²) >= 11 is 0. The normalized spacial score (nSPS) is 25.2. The lowest BCUT2D eigenvalue weighted by Gasteiger charge is -2.40. The van der Waals surface area contributed by atoms with Crippen molar-refractivity contribution in [2.75, 3.05) is 6.61 Å². The molecule has 0 N–H and O–H groups in total. The first-order valence-corrected chi connectivity index (χ1v) is 36.0. The van der Waals surface area contributed by atoms with Crippen molar-refractivity contribution >= 4 is 42.6 Å². The van der Waals surface area contributed by atoms with E-state index in [-0.39, 0.29) is 53.8 Å². The average Bonchev–Trinajstić information content (AvgIpc) is 4.15. The van der Waals surface area contributed by atoms with Crippen molar-refractivity contribution in [1.29, 1.82) is 0 Å². The van der Waals surface area contributed by atoms with Gasteiger partial charge in [-0.3, -0.25) is 19.8 Å². The molecule has 3 rings (SSSR count). The summed E-state index contributed by atoms with van der Waals surface area (Å²) in [5, 5.41) is 11.3. The molecule has 0 aliphatic carbocycles. The molecule has 422 valence electrons. The lowest BCUT2D eigenvalue weighted by molar-refractivity contribution is -0.384. The largest absolute Gasteiger partial charge is 0.483 e. The number of nitro benzene ring substituents is 1. The van der Waals surface area contributed by atoms with Crippen LogP contribution in [0.25, 0.3) is 0 Å². The van der Waals surface area contributed by atoms with Gasteiger partial charge in [-0.15, -0.1) is 0 Å². The minimum Gasteiger partial charge on any atom is -0.483 e. The van der Waals surface area contributed by atoms with Crippen molar-refractivity contribution in [2.24, 2.45) is 23.7 Å². The van der Waals surface area contributed by atoms with E-state index in [2.05, 4.69) is 108 Å². The van der Waals surface area contributed by atoms with Gasteiger partial charge in [0.2, 0.25) is 0 Å². The molecule has 17 heteroatoms. The zero-order chi connectivity index (χ0) is 55.5. The number of benzene rings is 1. The van der Waals surface area contributed by atoms with Gasteiger partial charge in [0.15, 0.2) is 43.1 Å². The third-order valence-electron chi connectivity index (χ3n) is 16.7. The van der Waals surface area contributed by atoms with Crippen molar-refractivity contribution in [3.8, 4) is 5.75 Å². The van der Waals surface area contributed by atoms with E-state index in [0.717, 1.165) is 66.6 Å². The Labute approximate surface area is 449 Å². The fourth-order valence-electron chi connectivity index (χ4n) is 10.9. The molecule has 2 aliphatic heterocycles. The van der Waals surface area contributed by atoms with Crippen molar-refractivity contribution in [1.82, 2.24) is 0 Å². The van der Waals surface area contributed by atoms with Crippen molar-refractivity contribution in [3.63, 3.8) is 0 Å². The molecule has 1 fully saturated rings. The number of rotatable bonds is 31. The molecule has 0 spiro atoms. The highest BCUT2D eigenvalue weighted by molar-refractivity contribution is 6.74. The highest BCUT2D eigenvalue weighted by Gasteiger charge is 2.48. The van der Waals surface area contributed by atoms with Crippen LogP contribution >= 0.6 is 0 Å². The Morgan fingerprint density at radius 3 is 1.97 bits per heavy atom. The predicted molar refractivity (Wildman–Crippen MR) is 302 cm³/mol. The number of hydrogen-bond donors (Lipinski definition) is 0. The number of nitrogens with zero attached hydrogens (tertiary/aromatic N) is 1. The van der Waals surface area contributed by atoms with Crippen LogP contribution in [0.15, 0.2) is 60.4 Å². The third-order valence-corrected chi connectivity index (χ3v) is 30.8. The van der Waals surface area contributed by atoms with Crippen LogP contribution in [0, 0.1) is 33.8 Å².